The van der Waals surface area contributed by atoms with Gasteiger partial charge in [-0.3, -0.25) is 4.79 Å². The predicted octanol–water partition coefficient (Wildman–Crippen LogP) is 3.46. The van der Waals surface area contributed by atoms with Crippen molar-refractivity contribution in [1.29, 1.82) is 0 Å². The van der Waals surface area contributed by atoms with Gasteiger partial charge in [0.05, 0.1) is 24.2 Å². The van der Waals surface area contributed by atoms with Gasteiger partial charge in [0, 0.05) is 37.6 Å². The molecular weight excluding hydrogens is 520 g/mol. The molecule has 11 nitrogen and oxygen atoms in total. The van der Waals surface area contributed by atoms with Crippen LogP contribution in [0.25, 0.3) is 0 Å². The predicted molar refractivity (Wildman–Crippen MR) is 151 cm³/mol. The number of aliphatic hydroxyl groups is 1. The lowest BCUT2D eigenvalue weighted by Crippen LogP contribution is -2.40. The van der Waals surface area contributed by atoms with E-state index in [1.165, 1.54) is 29.1 Å². The molecule has 1 amide bonds. The number of hydrogen-bond acceptors (Lipinski definition) is 9. The van der Waals surface area contributed by atoms with Gasteiger partial charge in [0.2, 0.25) is 16.0 Å². The van der Waals surface area contributed by atoms with Crippen LogP contribution in [0.15, 0.2) is 35.4 Å². The van der Waals surface area contributed by atoms with Crippen LogP contribution in [0.4, 0.5) is 17.5 Å². The number of benzene rings is 1. The maximum Gasteiger partial charge on any atom is 0.260 e. The van der Waals surface area contributed by atoms with Gasteiger partial charge in [0.15, 0.2) is 0 Å². The van der Waals surface area contributed by atoms with Crippen molar-refractivity contribution < 1.29 is 23.1 Å². The fraction of sp³-hybridized carbons (Fsp3) is 0.593. The zero-order chi connectivity index (χ0) is 27.7. The fourth-order valence-corrected chi connectivity index (χ4v) is 6.16. The van der Waals surface area contributed by atoms with E-state index in [4.69, 9.17) is 4.74 Å². The minimum atomic E-state index is -3.62. The monoisotopic (exact) mass is 560 g/mol. The first-order valence-electron chi connectivity index (χ1n) is 13.9. The van der Waals surface area contributed by atoms with Gasteiger partial charge >= 0.3 is 0 Å². The van der Waals surface area contributed by atoms with Crippen LogP contribution in [0.3, 0.4) is 0 Å². The smallest absolute Gasteiger partial charge is 0.260 e. The largest absolute Gasteiger partial charge is 0.393 e. The van der Waals surface area contributed by atoms with E-state index in [9.17, 15) is 18.3 Å². The van der Waals surface area contributed by atoms with Gasteiger partial charge in [-0.05, 0) is 56.4 Å². The van der Waals surface area contributed by atoms with Crippen LogP contribution < -0.4 is 16.0 Å². The molecule has 1 saturated carbocycles. The second kappa shape index (κ2) is 14.0. The summed E-state index contributed by atoms with van der Waals surface area (Å²) in [5, 5.41) is 19.4. The molecule has 0 radical (unpaired) electrons. The number of nitrogens with zero attached hydrogens (tertiary/aromatic N) is 3. The van der Waals surface area contributed by atoms with Crippen LogP contribution >= 0.6 is 0 Å². The molecule has 2 fully saturated rings. The van der Waals surface area contributed by atoms with E-state index in [2.05, 4.69) is 32.8 Å². The van der Waals surface area contributed by atoms with Crippen molar-refractivity contribution >= 4 is 33.4 Å². The Hall–Kier alpha value is -2.80. The molecule has 2 aromatic rings. The maximum atomic E-state index is 13.3. The fourth-order valence-electron chi connectivity index (χ4n) is 4.75. The molecule has 1 aliphatic carbocycles. The third kappa shape index (κ3) is 8.10. The molecule has 0 bridgehead atoms. The molecule has 1 saturated heterocycles. The van der Waals surface area contributed by atoms with E-state index < -0.39 is 15.9 Å². The maximum absolute atomic E-state index is 13.3. The number of sulfonamides is 1. The van der Waals surface area contributed by atoms with E-state index in [1.54, 1.807) is 12.1 Å². The van der Waals surface area contributed by atoms with Gasteiger partial charge in [0.25, 0.3) is 5.91 Å². The van der Waals surface area contributed by atoms with Gasteiger partial charge in [-0.15, -0.1) is 0 Å². The molecule has 39 heavy (non-hydrogen) atoms. The number of anilines is 3. The van der Waals surface area contributed by atoms with Gasteiger partial charge in [-0.25, -0.2) is 13.4 Å². The highest BCUT2D eigenvalue weighted by molar-refractivity contribution is 7.89. The van der Waals surface area contributed by atoms with Crippen molar-refractivity contribution in [3.8, 4) is 0 Å². The number of ether oxygens (including phenoxy) is 1. The average molecular weight is 561 g/mol. The molecule has 2 aliphatic rings. The third-order valence-corrected chi connectivity index (χ3v) is 9.02. The molecule has 2 heterocycles. The first-order valence-corrected chi connectivity index (χ1v) is 15.4. The van der Waals surface area contributed by atoms with Crippen LogP contribution in [0.2, 0.25) is 0 Å². The molecule has 1 aliphatic heterocycles. The number of aromatic nitrogens is 2. The zero-order valence-electron chi connectivity index (χ0n) is 22.6. The number of carbonyl (C=O) groups is 1. The number of aliphatic hydroxyl groups excluding tert-OH is 1. The molecule has 214 valence electrons. The number of amides is 1. The molecule has 1 aromatic carbocycles. The molecule has 0 spiro atoms. The third-order valence-electron chi connectivity index (χ3n) is 7.10. The van der Waals surface area contributed by atoms with Gasteiger partial charge in [-0.1, -0.05) is 26.2 Å². The Balaban J connectivity index is 1.45. The second-order valence-electron chi connectivity index (χ2n) is 10.1. The minimum Gasteiger partial charge on any atom is -0.393 e. The van der Waals surface area contributed by atoms with Gasteiger partial charge in [0.1, 0.15) is 11.4 Å². The summed E-state index contributed by atoms with van der Waals surface area (Å²) in [6.07, 6.45) is 8.68. The Morgan fingerprint density at radius 3 is 2.49 bits per heavy atom. The summed E-state index contributed by atoms with van der Waals surface area (Å²) in [6, 6.07) is 6.24. The van der Waals surface area contributed by atoms with E-state index >= 15 is 0 Å². The summed E-state index contributed by atoms with van der Waals surface area (Å²) in [6.45, 7) is 4.31. The number of nitrogens with one attached hydrogen (secondary N) is 3. The van der Waals surface area contributed by atoms with Crippen molar-refractivity contribution in [2.45, 2.75) is 75.3 Å². The topological polar surface area (TPSA) is 146 Å². The van der Waals surface area contributed by atoms with Crippen molar-refractivity contribution in [3.05, 3.63) is 36.0 Å². The van der Waals surface area contributed by atoms with E-state index in [1.807, 2.05) is 0 Å². The Labute approximate surface area is 230 Å². The van der Waals surface area contributed by atoms with Crippen molar-refractivity contribution in [1.82, 2.24) is 14.3 Å². The highest BCUT2D eigenvalue weighted by Crippen LogP contribution is 2.25. The number of morpholine rings is 1. The van der Waals surface area contributed by atoms with Crippen LogP contribution in [-0.2, 0) is 14.8 Å². The summed E-state index contributed by atoms with van der Waals surface area (Å²) >= 11 is 0. The molecule has 1 aromatic heterocycles. The van der Waals surface area contributed by atoms with Crippen LogP contribution in [0, 0.1) is 0 Å². The number of carbonyl (C=O) groups excluding carboxylic acids is 1. The standard InChI is InChI=1S/C27H40N6O5S/c1-2-3-4-5-14-28-27-29-19-24(25(32-27)30-20-6-10-22(34)11-7-20)26(35)31-21-8-12-23(13-9-21)39(36,37)33-15-17-38-18-16-33/h8-9,12-13,19-20,22,34H,2-7,10-11,14-18H2,1H3,(H,31,35)(H2,28,29,30,32). The number of hydrogen-bond donors (Lipinski definition) is 4. The van der Waals surface area contributed by atoms with Crippen LogP contribution in [0.5, 0.6) is 0 Å². The van der Waals surface area contributed by atoms with Crippen LogP contribution in [0.1, 0.15) is 68.6 Å². The zero-order valence-corrected chi connectivity index (χ0v) is 23.4. The Morgan fingerprint density at radius 1 is 1.08 bits per heavy atom. The van der Waals surface area contributed by atoms with E-state index in [-0.39, 0.29) is 17.0 Å². The lowest BCUT2D eigenvalue weighted by atomic mass is 9.93. The quantitative estimate of drug-likeness (QED) is 0.287. The highest BCUT2D eigenvalue weighted by atomic mass is 32.2. The minimum absolute atomic E-state index is 0.0944. The molecule has 4 rings (SSSR count). The normalized spacial score (nSPS) is 20.4. The van der Waals surface area contributed by atoms with Crippen LogP contribution in [-0.4, -0.2) is 78.7 Å². The molecule has 0 atom stereocenters. The molecule has 0 unspecified atom stereocenters. The van der Waals surface area contributed by atoms with E-state index in [0.717, 1.165) is 38.6 Å². The lowest BCUT2D eigenvalue weighted by molar-refractivity contribution is 0.0730. The Kier molecular flexibility index (Phi) is 10.5. The second-order valence-corrected chi connectivity index (χ2v) is 12.0. The van der Waals surface area contributed by atoms with Crippen molar-refractivity contribution in [2.75, 3.05) is 48.8 Å². The van der Waals surface area contributed by atoms with Gasteiger partial charge < -0.3 is 25.8 Å². The summed E-state index contributed by atoms with van der Waals surface area (Å²) in [7, 11) is -3.62. The Morgan fingerprint density at radius 2 is 1.79 bits per heavy atom. The summed E-state index contributed by atoms with van der Waals surface area (Å²) < 4.78 is 32.4. The first kappa shape index (κ1) is 29.2. The summed E-state index contributed by atoms with van der Waals surface area (Å²) in [5.74, 6) is 0.497. The average Bonchev–Trinajstić information content (AvgIpc) is 2.95. The van der Waals surface area contributed by atoms with E-state index in [0.29, 0.717) is 62.2 Å². The first-order chi connectivity index (χ1) is 18.9. The molecular formula is C27H40N6O5S. The SMILES string of the molecule is CCCCCCNc1ncc(C(=O)Nc2ccc(S(=O)(=O)N3CCOCC3)cc2)c(NC2CCC(O)CC2)n1. The highest BCUT2D eigenvalue weighted by Gasteiger charge is 2.27. The van der Waals surface area contributed by atoms with Crippen molar-refractivity contribution in [3.63, 3.8) is 0 Å². The Bertz CT molecular complexity index is 1180. The number of unbranched alkanes of at least 4 members (excludes halogenated alkanes) is 3. The summed E-state index contributed by atoms with van der Waals surface area (Å²) in [5.41, 5.74) is 0.758. The molecule has 12 heteroatoms. The molecule has 4 N–H and O–H groups in total. The number of rotatable bonds is 12. The van der Waals surface area contributed by atoms with Gasteiger partial charge in [-0.2, -0.15) is 9.29 Å². The van der Waals surface area contributed by atoms with Crippen molar-refractivity contribution in [2.24, 2.45) is 0 Å². The lowest BCUT2D eigenvalue weighted by Gasteiger charge is -2.27. The summed E-state index contributed by atoms with van der Waals surface area (Å²) in [4.78, 5) is 22.4.